The van der Waals surface area contributed by atoms with Crippen LogP contribution in [0.15, 0.2) is 16.5 Å². The highest BCUT2D eigenvalue weighted by Crippen LogP contribution is 2.35. The molecule has 4 rings (SSSR count). The van der Waals surface area contributed by atoms with Gasteiger partial charge in [-0.15, -0.1) is 0 Å². The second-order valence-electron chi connectivity index (χ2n) is 5.26. The lowest BCUT2D eigenvalue weighted by Crippen LogP contribution is -2.40. The lowest BCUT2D eigenvalue weighted by Gasteiger charge is -2.30. The molecule has 20 heavy (non-hydrogen) atoms. The van der Waals surface area contributed by atoms with E-state index in [2.05, 4.69) is 23.3 Å². The predicted molar refractivity (Wildman–Crippen MR) is 72.1 cm³/mol. The molecule has 2 aliphatic rings. The molecular formula is C14H16N3O3. The van der Waals surface area contributed by atoms with Gasteiger partial charge in [0.1, 0.15) is 0 Å². The van der Waals surface area contributed by atoms with Gasteiger partial charge in [0.15, 0.2) is 16.8 Å². The molecule has 6 heteroatoms. The van der Waals surface area contributed by atoms with Crippen molar-refractivity contribution in [2.45, 2.75) is 25.9 Å². The van der Waals surface area contributed by atoms with Gasteiger partial charge in [0.05, 0.1) is 6.10 Å². The van der Waals surface area contributed by atoms with Gasteiger partial charge in [-0.3, -0.25) is 0 Å². The van der Waals surface area contributed by atoms with E-state index in [-0.39, 0.29) is 6.10 Å². The molecule has 0 saturated carbocycles. The average Bonchev–Trinajstić information content (AvgIpc) is 2.90. The summed E-state index contributed by atoms with van der Waals surface area (Å²) in [5, 5.41) is 4.63. The Morgan fingerprint density at radius 1 is 1.50 bits per heavy atom. The van der Waals surface area contributed by atoms with Crippen molar-refractivity contribution in [1.82, 2.24) is 10.3 Å². The van der Waals surface area contributed by atoms with E-state index in [4.69, 9.17) is 14.1 Å². The Labute approximate surface area is 116 Å². The normalized spacial score (nSPS) is 20.4. The molecule has 1 atom stereocenters. The van der Waals surface area contributed by atoms with Crippen molar-refractivity contribution in [2.75, 3.05) is 18.3 Å². The summed E-state index contributed by atoms with van der Waals surface area (Å²) in [6.07, 6.45) is 2.25. The van der Waals surface area contributed by atoms with Gasteiger partial charge in [-0.2, -0.15) is 4.98 Å². The third kappa shape index (κ3) is 1.92. The molecule has 1 fully saturated rings. The fourth-order valence-electron chi connectivity index (χ4n) is 2.74. The average molecular weight is 274 g/mol. The fraction of sp³-hybridized carbons (Fsp3) is 0.500. The minimum atomic E-state index is 0.0453. The Morgan fingerprint density at radius 3 is 3.20 bits per heavy atom. The van der Waals surface area contributed by atoms with Crippen LogP contribution in [-0.2, 0) is 4.84 Å². The zero-order valence-corrected chi connectivity index (χ0v) is 11.3. The van der Waals surface area contributed by atoms with Gasteiger partial charge in [-0.25, -0.2) is 4.84 Å². The minimum Gasteiger partial charge on any atom is -0.420 e. The van der Waals surface area contributed by atoms with Crippen molar-refractivity contribution in [3.63, 3.8) is 0 Å². The van der Waals surface area contributed by atoms with Crippen molar-refractivity contribution in [2.24, 2.45) is 5.92 Å². The van der Waals surface area contributed by atoms with Crippen molar-refractivity contribution in [3.05, 3.63) is 18.2 Å². The predicted octanol–water partition coefficient (Wildman–Crippen LogP) is 2.06. The van der Waals surface area contributed by atoms with Crippen LogP contribution < -0.4 is 15.4 Å². The third-order valence-corrected chi connectivity index (χ3v) is 3.95. The van der Waals surface area contributed by atoms with Crippen LogP contribution in [0.3, 0.4) is 0 Å². The molecule has 3 heterocycles. The summed E-state index contributed by atoms with van der Waals surface area (Å²) >= 11 is 0. The molecule has 105 valence electrons. The van der Waals surface area contributed by atoms with E-state index in [9.17, 15) is 0 Å². The van der Waals surface area contributed by atoms with Crippen LogP contribution in [0.4, 0.5) is 6.01 Å². The number of hydrogen-bond donors (Lipinski definition) is 1. The summed E-state index contributed by atoms with van der Waals surface area (Å²) < 4.78 is 5.60. The van der Waals surface area contributed by atoms with Crippen LogP contribution in [0, 0.1) is 12.0 Å². The van der Waals surface area contributed by atoms with Gasteiger partial charge in [-0.05, 0) is 56.1 Å². The van der Waals surface area contributed by atoms with Crippen molar-refractivity contribution in [1.29, 1.82) is 0 Å². The maximum Gasteiger partial charge on any atom is 0.360 e. The number of nitrogens with one attached hydrogen (secondary N) is 1. The first-order valence-corrected chi connectivity index (χ1v) is 6.98. The van der Waals surface area contributed by atoms with E-state index in [0.29, 0.717) is 28.8 Å². The second kappa shape index (κ2) is 4.64. The highest BCUT2D eigenvalue weighted by atomic mass is 17.0. The lowest BCUT2D eigenvalue weighted by molar-refractivity contribution is -0.0946. The Morgan fingerprint density at radius 2 is 2.35 bits per heavy atom. The van der Waals surface area contributed by atoms with Crippen molar-refractivity contribution >= 4 is 17.1 Å². The van der Waals surface area contributed by atoms with Gasteiger partial charge in [0.2, 0.25) is 0 Å². The van der Waals surface area contributed by atoms with Crippen LogP contribution in [0.2, 0.25) is 0 Å². The van der Waals surface area contributed by atoms with Gasteiger partial charge < -0.3 is 14.6 Å². The third-order valence-electron chi connectivity index (χ3n) is 3.95. The highest BCUT2D eigenvalue weighted by molar-refractivity contribution is 5.82. The summed E-state index contributed by atoms with van der Waals surface area (Å²) in [5.41, 5.74) is 1.38. The number of oxazole rings is 1. The zero-order chi connectivity index (χ0) is 13.5. The number of nitrogens with zero attached hydrogens (tertiary/aromatic N) is 2. The number of piperidine rings is 1. The number of hydrogen-bond acceptors (Lipinski definition) is 6. The smallest absolute Gasteiger partial charge is 0.360 e. The van der Waals surface area contributed by atoms with Crippen LogP contribution in [0.25, 0.3) is 11.1 Å². The highest BCUT2D eigenvalue weighted by Gasteiger charge is 2.30. The zero-order valence-electron chi connectivity index (χ0n) is 11.3. The van der Waals surface area contributed by atoms with E-state index in [0.717, 1.165) is 25.9 Å². The summed E-state index contributed by atoms with van der Waals surface area (Å²) in [4.78, 5) is 15.9. The molecular weight excluding hydrogens is 258 g/mol. The van der Waals surface area contributed by atoms with E-state index < -0.39 is 0 Å². The minimum absolute atomic E-state index is 0.0453. The van der Waals surface area contributed by atoms with Gasteiger partial charge in [-0.1, -0.05) is 0 Å². The summed E-state index contributed by atoms with van der Waals surface area (Å²) in [6, 6.07) is 6.91. The molecule has 0 aliphatic carbocycles. The first-order chi connectivity index (χ1) is 9.81. The van der Waals surface area contributed by atoms with E-state index in [1.807, 2.05) is 6.07 Å². The van der Waals surface area contributed by atoms with E-state index in [1.165, 1.54) is 5.23 Å². The molecule has 1 saturated heterocycles. The number of aromatic nitrogens is 1. The maximum atomic E-state index is 5.88. The first kappa shape index (κ1) is 12.0. The van der Waals surface area contributed by atoms with E-state index >= 15 is 0 Å². The Hall–Kier alpha value is -1.79. The largest absolute Gasteiger partial charge is 0.420 e. The van der Waals surface area contributed by atoms with E-state index in [1.54, 1.807) is 6.07 Å². The first-order valence-electron chi connectivity index (χ1n) is 6.98. The van der Waals surface area contributed by atoms with Gasteiger partial charge >= 0.3 is 6.01 Å². The fourth-order valence-corrected chi connectivity index (χ4v) is 2.74. The van der Waals surface area contributed by atoms with Crippen LogP contribution in [-0.4, -0.2) is 24.2 Å². The summed E-state index contributed by atoms with van der Waals surface area (Å²) in [6.45, 7) is 4.13. The monoisotopic (exact) mass is 274 g/mol. The van der Waals surface area contributed by atoms with Crippen LogP contribution in [0.1, 0.15) is 19.8 Å². The molecule has 6 nitrogen and oxygen atoms in total. The summed E-state index contributed by atoms with van der Waals surface area (Å²) in [5.74, 6) is 1.05. The number of benzene rings is 1. The van der Waals surface area contributed by atoms with Crippen molar-refractivity contribution < 1.29 is 14.1 Å². The maximum absolute atomic E-state index is 5.88. The van der Waals surface area contributed by atoms with Gasteiger partial charge in [0.25, 0.3) is 0 Å². The molecule has 2 aliphatic heterocycles. The quantitative estimate of drug-likeness (QED) is 0.924. The molecule has 1 aromatic heterocycles. The molecule has 1 N–H and O–H groups in total. The Balaban J connectivity index is 1.53. The molecule has 1 unspecified atom stereocenters. The Bertz CT molecular complexity index is 621. The molecule has 0 amide bonds. The van der Waals surface area contributed by atoms with Gasteiger partial charge in [0, 0.05) is 6.07 Å². The molecule has 1 radical (unpaired) electrons. The molecule has 0 spiro atoms. The second-order valence-corrected chi connectivity index (χ2v) is 5.26. The standard InChI is InChI=1S/C14H16N3O3/c1-9(10-5-7-15-8-6-10)19-17-14-16-13-11(18-14)3-2-4-12(13)20-17/h2-3,9-10,15H,5-8H2,1H3. The summed E-state index contributed by atoms with van der Waals surface area (Å²) in [7, 11) is 0. The molecule has 2 aromatic rings. The molecule has 1 aromatic carbocycles. The lowest BCUT2D eigenvalue weighted by atomic mass is 9.93. The SMILES string of the molecule is CC(ON1Oc2[c]ccc3oc1nc23)C1CCNCC1. The van der Waals surface area contributed by atoms with Crippen molar-refractivity contribution in [3.8, 4) is 5.75 Å². The number of rotatable bonds is 3. The topological polar surface area (TPSA) is 59.8 Å². The van der Waals surface area contributed by atoms with Crippen LogP contribution >= 0.6 is 0 Å². The number of fused-ring (bicyclic) bond motifs is 1. The molecule has 2 bridgehead atoms. The van der Waals surface area contributed by atoms with Crippen LogP contribution in [0.5, 0.6) is 5.75 Å². The Kier molecular flexibility index (Phi) is 2.78. The number of anilines is 1.